The van der Waals surface area contributed by atoms with Crippen molar-refractivity contribution in [1.29, 1.82) is 0 Å². The van der Waals surface area contributed by atoms with Gasteiger partial charge < -0.3 is 15.2 Å². The standard InChI is InChI=1S/C18H23N3O4S/c1-25-16-8-13-12(7-17(16)26-2)18(24)21(10-20-13)9-11(22)6-14-15(23)4-3-5-19-14/h7-8,10,14-15,19,23H,3-6,9H2,1-2H3/t14-,15+/m1/s1. The fraction of sp³-hybridized carbons (Fsp3) is 0.500. The van der Waals surface area contributed by atoms with Gasteiger partial charge in [0.05, 0.1) is 41.9 Å². The molecular weight excluding hydrogens is 354 g/mol. The van der Waals surface area contributed by atoms with Crippen LogP contribution in [0.4, 0.5) is 0 Å². The lowest BCUT2D eigenvalue weighted by Gasteiger charge is -2.28. The SMILES string of the molecule is COc1cc2ncn(CC(=O)C[C@H]3NCCC[C@@H]3O)c(=O)c2cc1SC. The van der Waals surface area contributed by atoms with Crippen molar-refractivity contribution in [3.63, 3.8) is 0 Å². The Bertz CT molecular complexity index is 867. The lowest BCUT2D eigenvalue weighted by Crippen LogP contribution is -2.46. The van der Waals surface area contributed by atoms with Crippen LogP contribution in [0.15, 0.2) is 28.2 Å². The van der Waals surface area contributed by atoms with Gasteiger partial charge in [0.2, 0.25) is 0 Å². The van der Waals surface area contributed by atoms with E-state index in [1.807, 2.05) is 6.26 Å². The molecule has 0 aliphatic carbocycles. The predicted octanol–water partition coefficient (Wildman–Crippen LogP) is 1.20. The third-order valence-corrected chi connectivity index (χ3v) is 5.43. The van der Waals surface area contributed by atoms with Crippen LogP contribution in [0.25, 0.3) is 10.9 Å². The first-order valence-corrected chi connectivity index (χ1v) is 9.80. The summed E-state index contributed by atoms with van der Waals surface area (Å²) in [5.41, 5.74) is 0.288. The van der Waals surface area contributed by atoms with Crippen LogP contribution in [0.5, 0.6) is 5.75 Å². The topological polar surface area (TPSA) is 93.5 Å². The van der Waals surface area contributed by atoms with Crippen LogP contribution < -0.4 is 15.6 Å². The highest BCUT2D eigenvalue weighted by Crippen LogP contribution is 2.30. The van der Waals surface area contributed by atoms with E-state index in [0.717, 1.165) is 17.9 Å². The average Bonchev–Trinajstić information content (AvgIpc) is 2.65. The second-order valence-corrected chi connectivity index (χ2v) is 7.26. The molecule has 1 aromatic heterocycles. The molecule has 2 N–H and O–H groups in total. The number of aromatic nitrogens is 2. The first-order chi connectivity index (χ1) is 12.5. The van der Waals surface area contributed by atoms with Gasteiger partial charge >= 0.3 is 0 Å². The average molecular weight is 377 g/mol. The summed E-state index contributed by atoms with van der Waals surface area (Å²) in [7, 11) is 1.58. The van der Waals surface area contributed by atoms with Crippen molar-refractivity contribution in [3.05, 3.63) is 28.8 Å². The molecule has 1 aliphatic rings. The van der Waals surface area contributed by atoms with Gasteiger partial charge in [-0.2, -0.15) is 0 Å². The van der Waals surface area contributed by atoms with E-state index in [-0.39, 0.29) is 30.3 Å². The highest BCUT2D eigenvalue weighted by Gasteiger charge is 2.25. The number of aliphatic hydroxyl groups is 1. The van der Waals surface area contributed by atoms with Crippen LogP contribution in [0.1, 0.15) is 19.3 Å². The second kappa shape index (κ2) is 8.20. The number of ketones is 1. The number of piperidine rings is 1. The van der Waals surface area contributed by atoms with E-state index in [4.69, 9.17) is 4.74 Å². The summed E-state index contributed by atoms with van der Waals surface area (Å²) < 4.78 is 6.65. The largest absolute Gasteiger partial charge is 0.496 e. The molecule has 0 unspecified atom stereocenters. The predicted molar refractivity (Wildman–Crippen MR) is 101 cm³/mol. The number of hydrogen-bond acceptors (Lipinski definition) is 7. The van der Waals surface area contributed by atoms with Gasteiger partial charge in [-0.25, -0.2) is 4.98 Å². The summed E-state index contributed by atoms with van der Waals surface area (Å²) in [6, 6.07) is 3.24. The Morgan fingerprint density at radius 3 is 3.00 bits per heavy atom. The van der Waals surface area contributed by atoms with Crippen molar-refractivity contribution in [2.75, 3.05) is 19.9 Å². The summed E-state index contributed by atoms with van der Waals surface area (Å²) in [6.07, 6.45) is 4.58. The van der Waals surface area contributed by atoms with Crippen LogP contribution in [-0.2, 0) is 11.3 Å². The molecule has 1 aliphatic heterocycles. The first-order valence-electron chi connectivity index (χ1n) is 8.57. The minimum atomic E-state index is -0.518. The fourth-order valence-electron chi connectivity index (χ4n) is 3.24. The van der Waals surface area contributed by atoms with Crippen molar-refractivity contribution >= 4 is 28.4 Å². The van der Waals surface area contributed by atoms with Crippen molar-refractivity contribution in [3.8, 4) is 5.75 Å². The molecule has 1 fully saturated rings. The third kappa shape index (κ3) is 3.92. The summed E-state index contributed by atoms with van der Waals surface area (Å²) in [5.74, 6) is 0.563. The van der Waals surface area contributed by atoms with Crippen LogP contribution in [-0.4, -0.2) is 52.5 Å². The molecular formula is C18H23N3O4S. The number of rotatable bonds is 6. The normalized spacial score (nSPS) is 20.3. The van der Waals surface area contributed by atoms with Crippen LogP contribution in [0.3, 0.4) is 0 Å². The number of ether oxygens (including phenoxy) is 1. The Hall–Kier alpha value is -1.90. The number of thioether (sulfide) groups is 1. The minimum absolute atomic E-state index is 0.0483. The minimum Gasteiger partial charge on any atom is -0.496 e. The van der Waals surface area contributed by atoms with Crippen LogP contribution >= 0.6 is 11.8 Å². The number of methoxy groups -OCH3 is 1. The van der Waals surface area contributed by atoms with Crippen molar-refractivity contribution < 1.29 is 14.6 Å². The zero-order chi connectivity index (χ0) is 18.7. The van der Waals surface area contributed by atoms with E-state index >= 15 is 0 Å². The lowest BCUT2D eigenvalue weighted by atomic mass is 9.97. The van der Waals surface area contributed by atoms with Crippen LogP contribution in [0.2, 0.25) is 0 Å². The van der Waals surface area contributed by atoms with Gasteiger partial charge in [0.1, 0.15) is 5.75 Å². The molecule has 7 nitrogen and oxygen atoms in total. The molecule has 140 valence electrons. The Morgan fingerprint density at radius 1 is 1.50 bits per heavy atom. The van der Waals surface area contributed by atoms with Gasteiger partial charge in [0.15, 0.2) is 5.78 Å². The van der Waals surface area contributed by atoms with Crippen molar-refractivity contribution in [1.82, 2.24) is 14.9 Å². The number of nitrogens with one attached hydrogen (secondary N) is 1. The number of fused-ring (bicyclic) bond motifs is 1. The van der Waals surface area contributed by atoms with E-state index in [1.165, 1.54) is 22.7 Å². The summed E-state index contributed by atoms with van der Waals surface area (Å²) >= 11 is 1.48. The van der Waals surface area contributed by atoms with Gasteiger partial charge in [-0.3, -0.25) is 14.2 Å². The zero-order valence-corrected chi connectivity index (χ0v) is 15.7. The van der Waals surface area contributed by atoms with Gasteiger partial charge in [0, 0.05) is 18.5 Å². The third-order valence-electron chi connectivity index (χ3n) is 4.67. The number of nitrogens with zero attached hydrogens (tertiary/aromatic N) is 2. The number of hydrogen-bond donors (Lipinski definition) is 2. The maximum Gasteiger partial charge on any atom is 0.261 e. The Labute approximate surface area is 155 Å². The summed E-state index contributed by atoms with van der Waals surface area (Å²) in [6.45, 7) is 0.749. The summed E-state index contributed by atoms with van der Waals surface area (Å²) in [4.78, 5) is 30.3. The van der Waals surface area contributed by atoms with Gasteiger partial charge in [-0.15, -0.1) is 11.8 Å². The summed E-state index contributed by atoms with van der Waals surface area (Å²) in [5, 5.41) is 13.6. The first kappa shape index (κ1) is 18.9. The molecule has 26 heavy (non-hydrogen) atoms. The fourth-order valence-corrected chi connectivity index (χ4v) is 3.82. The molecule has 3 rings (SSSR count). The molecule has 2 aromatic rings. The molecule has 2 heterocycles. The molecule has 1 saturated heterocycles. The number of Topliss-reactive ketones (excluding diaryl/α,β-unsaturated/α-hetero) is 1. The Morgan fingerprint density at radius 2 is 2.31 bits per heavy atom. The number of carbonyl (C=O) groups excluding carboxylic acids is 1. The quantitative estimate of drug-likeness (QED) is 0.731. The van der Waals surface area contributed by atoms with E-state index < -0.39 is 6.10 Å². The van der Waals surface area contributed by atoms with E-state index in [1.54, 1.807) is 19.2 Å². The Balaban J connectivity index is 1.82. The van der Waals surface area contributed by atoms with Crippen LogP contribution in [0, 0.1) is 0 Å². The molecule has 0 radical (unpaired) electrons. The number of benzene rings is 1. The van der Waals surface area contributed by atoms with Gasteiger partial charge in [-0.1, -0.05) is 0 Å². The van der Waals surface area contributed by atoms with Gasteiger partial charge in [-0.05, 0) is 31.7 Å². The second-order valence-electron chi connectivity index (χ2n) is 6.41. The zero-order valence-electron chi connectivity index (χ0n) is 14.9. The molecule has 2 atom stereocenters. The van der Waals surface area contributed by atoms with Crippen molar-refractivity contribution in [2.24, 2.45) is 0 Å². The maximum absolute atomic E-state index is 12.7. The molecule has 0 spiro atoms. The number of aliphatic hydroxyl groups excluding tert-OH is 1. The monoisotopic (exact) mass is 377 g/mol. The lowest BCUT2D eigenvalue weighted by molar-refractivity contribution is -0.121. The Kier molecular flexibility index (Phi) is 5.95. The van der Waals surface area contributed by atoms with Crippen molar-refractivity contribution in [2.45, 2.75) is 42.8 Å². The highest BCUT2D eigenvalue weighted by atomic mass is 32.2. The van der Waals surface area contributed by atoms with Gasteiger partial charge in [0.25, 0.3) is 5.56 Å². The number of carbonyl (C=O) groups is 1. The van der Waals surface area contributed by atoms with E-state index in [2.05, 4.69) is 10.3 Å². The smallest absolute Gasteiger partial charge is 0.261 e. The molecule has 1 aromatic carbocycles. The molecule has 0 amide bonds. The van der Waals surface area contributed by atoms with E-state index in [9.17, 15) is 14.7 Å². The van der Waals surface area contributed by atoms with E-state index in [0.29, 0.717) is 23.1 Å². The molecule has 8 heteroatoms. The highest BCUT2D eigenvalue weighted by molar-refractivity contribution is 7.98. The molecule has 0 saturated carbocycles. The maximum atomic E-state index is 12.7. The molecule has 0 bridgehead atoms.